The number of Topliss-reactive ketones (excluding diaryl/α,β-unsaturated/α-hetero) is 1. The molecule has 0 saturated heterocycles. The van der Waals surface area contributed by atoms with E-state index in [1.54, 1.807) is 12.1 Å². The van der Waals surface area contributed by atoms with Crippen LogP contribution in [0.2, 0.25) is 5.02 Å². The number of benzene rings is 2. The van der Waals surface area contributed by atoms with Gasteiger partial charge in [-0.05, 0) is 63.8 Å². The summed E-state index contributed by atoms with van der Waals surface area (Å²) in [6.45, 7) is 3.88. The highest BCUT2D eigenvalue weighted by Gasteiger charge is 2.28. The third-order valence-electron chi connectivity index (χ3n) is 6.84. The van der Waals surface area contributed by atoms with Crippen molar-refractivity contribution in [3.8, 4) is 0 Å². The first-order chi connectivity index (χ1) is 18.7. The Bertz CT molecular complexity index is 1280. The van der Waals surface area contributed by atoms with Crippen molar-refractivity contribution in [1.29, 1.82) is 0 Å². The SMILES string of the molecule is Cc1ccc(C(=O)CC(Sc2ccc(Cl)cc2)C(=O)NC2CCC(Nc3cc(N(C)C)nc(C)n3)CC2)cc1. The van der Waals surface area contributed by atoms with Gasteiger partial charge in [-0.15, -0.1) is 11.8 Å². The molecule has 7 nitrogen and oxygen atoms in total. The number of carbonyl (C=O) groups is 2. The minimum absolute atomic E-state index is 0.0400. The highest BCUT2D eigenvalue weighted by atomic mass is 35.5. The number of rotatable bonds is 10. The number of nitrogens with one attached hydrogen (secondary N) is 2. The summed E-state index contributed by atoms with van der Waals surface area (Å²) in [6.07, 6.45) is 3.68. The zero-order valence-corrected chi connectivity index (χ0v) is 24.5. The van der Waals surface area contributed by atoms with E-state index >= 15 is 0 Å². The lowest BCUT2D eigenvalue weighted by molar-refractivity contribution is -0.121. The molecule has 1 unspecified atom stereocenters. The molecular formula is C30H36ClN5O2S. The van der Waals surface area contributed by atoms with E-state index in [0.717, 1.165) is 53.6 Å². The zero-order chi connectivity index (χ0) is 27.9. The summed E-state index contributed by atoms with van der Waals surface area (Å²) in [5.74, 6) is 2.28. The first-order valence-electron chi connectivity index (χ1n) is 13.3. The lowest BCUT2D eigenvalue weighted by Crippen LogP contribution is -2.44. The predicted molar refractivity (Wildman–Crippen MR) is 160 cm³/mol. The molecule has 0 radical (unpaired) electrons. The Kier molecular flexibility index (Phi) is 9.86. The van der Waals surface area contributed by atoms with Gasteiger partial charge in [0.1, 0.15) is 17.5 Å². The number of halogens is 1. The van der Waals surface area contributed by atoms with Crippen molar-refractivity contribution in [3.05, 3.63) is 76.6 Å². The normalized spacial score (nSPS) is 17.8. The molecule has 2 aromatic carbocycles. The standard InChI is InChI=1S/C30H36ClN5O2S/c1-19-5-7-21(8-6-19)26(37)17-27(39-25-15-9-22(31)10-16-25)30(38)35-24-13-11-23(12-14-24)34-28-18-29(36(3)4)33-20(2)32-28/h5-10,15-16,18,23-24,27H,11-14,17H2,1-4H3,(H,35,38)(H,32,33,34). The van der Waals surface area contributed by atoms with Crippen LogP contribution in [0.3, 0.4) is 0 Å². The van der Waals surface area contributed by atoms with Gasteiger partial charge >= 0.3 is 0 Å². The summed E-state index contributed by atoms with van der Waals surface area (Å²) in [5, 5.41) is 6.88. The molecule has 4 rings (SSSR count). The number of amides is 1. The van der Waals surface area contributed by atoms with Crippen LogP contribution in [0.4, 0.5) is 11.6 Å². The molecule has 3 aromatic rings. The van der Waals surface area contributed by atoms with Crippen LogP contribution in [0, 0.1) is 13.8 Å². The highest BCUT2D eigenvalue weighted by molar-refractivity contribution is 8.00. The van der Waals surface area contributed by atoms with E-state index in [0.29, 0.717) is 10.6 Å². The Labute approximate surface area is 240 Å². The van der Waals surface area contributed by atoms with Gasteiger partial charge in [-0.1, -0.05) is 41.4 Å². The lowest BCUT2D eigenvalue weighted by Gasteiger charge is -2.31. The maximum Gasteiger partial charge on any atom is 0.234 e. The zero-order valence-electron chi connectivity index (χ0n) is 22.9. The Morgan fingerprint density at radius 2 is 1.62 bits per heavy atom. The van der Waals surface area contributed by atoms with Gasteiger partial charge in [0.25, 0.3) is 0 Å². The quantitative estimate of drug-likeness (QED) is 0.227. The fourth-order valence-corrected chi connectivity index (χ4v) is 5.79. The van der Waals surface area contributed by atoms with Crippen LogP contribution in [0.15, 0.2) is 59.5 Å². The summed E-state index contributed by atoms with van der Waals surface area (Å²) in [4.78, 5) is 38.4. The van der Waals surface area contributed by atoms with Crippen LogP contribution in [0.25, 0.3) is 0 Å². The maximum absolute atomic E-state index is 13.5. The van der Waals surface area contributed by atoms with E-state index in [4.69, 9.17) is 11.6 Å². The number of hydrogen-bond acceptors (Lipinski definition) is 7. The van der Waals surface area contributed by atoms with Gasteiger partial charge in [0.05, 0.1) is 5.25 Å². The summed E-state index contributed by atoms with van der Waals surface area (Å²) in [6, 6.07) is 17.2. The van der Waals surface area contributed by atoms with Crippen molar-refractivity contribution in [2.45, 2.75) is 68.2 Å². The molecule has 0 spiro atoms. The predicted octanol–water partition coefficient (Wildman–Crippen LogP) is 6.09. The number of anilines is 2. The molecule has 1 aromatic heterocycles. The second kappa shape index (κ2) is 13.3. The summed E-state index contributed by atoms with van der Waals surface area (Å²) >= 11 is 7.46. The average Bonchev–Trinajstić information content (AvgIpc) is 2.90. The second-order valence-corrected chi connectivity index (χ2v) is 12.0. The van der Waals surface area contributed by atoms with Crippen molar-refractivity contribution < 1.29 is 9.59 Å². The van der Waals surface area contributed by atoms with Crippen LogP contribution in [0.1, 0.15) is 53.8 Å². The van der Waals surface area contributed by atoms with Crippen LogP contribution < -0.4 is 15.5 Å². The minimum atomic E-state index is -0.538. The third-order valence-corrected chi connectivity index (χ3v) is 8.30. The molecule has 206 valence electrons. The minimum Gasteiger partial charge on any atom is -0.367 e. The Hall–Kier alpha value is -3.10. The number of carbonyl (C=O) groups excluding carboxylic acids is 2. The number of aromatic nitrogens is 2. The topological polar surface area (TPSA) is 87.2 Å². The monoisotopic (exact) mass is 565 g/mol. The van der Waals surface area contributed by atoms with Gasteiger partial charge in [0.15, 0.2) is 5.78 Å². The number of aryl methyl sites for hydroxylation is 2. The van der Waals surface area contributed by atoms with Crippen molar-refractivity contribution >= 4 is 46.7 Å². The highest BCUT2D eigenvalue weighted by Crippen LogP contribution is 2.29. The smallest absolute Gasteiger partial charge is 0.234 e. The molecule has 2 N–H and O–H groups in total. The average molecular weight is 566 g/mol. The van der Waals surface area contributed by atoms with E-state index in [1.807, 2.05) is 75.3 Å². The number of nitrogens with zero attached hydrogens (tertiary/aromatic N) is 3. The lowest BCUT2D eigenvalue weighted by atomic mass is 9.91. The molecule has 1 atom stereocenters. The number of ketones is 1. The number of hydrogen-bond donors (Lipinski definition) is 2. The number of thioether (sulfide) groups is 1. The summed E-state index contributed by atoms with van der Waals surface area (Å²) < 4.78 is 0. The van der Waals surface area contributed by atoms with E-state index in [9.17, 15) is 9.59 Å². The fourth-order valence-electron chi connectivity index (χ4n) is 4.63. The van der Waals surface area contributed by atoms with Gasteiger partial charge in [0.2, 0.25) is 5.91 Å². The van der Waals surface area contributed by atoms with Crippen LogP contribution in [0.5, 0.6) is 0 Å². The molecule has 39 heavy (non-hydrogen) atoms. The molecule has 1 fully saturated rings. The van der Waals surface area contributed by atoms with Gasteiger partial charge < -0.3 is 15.5 Å². The maximum atomic E-state index is 13.5. The largest absolute Gasteiger partial charge is 0.367 e. The van der Waals surface area contributed by atoms with Gasteiger partial charge in [-0.2, -0.15) is 0 Å². The van der Waals surface area contributed by atoms with Gasteiger partial charge in [-0.3, -0.25) is 9.59 Å². The van der Waals surface area contributed by atoms with E-state index in [2.05, 4.69) is 20.6 Å². The first-order valence-corrected chi connectivity index (χ1v) is 14.5. The second-order valence-electron chi connectivity index (χ2n) is 10.3. The Balaban J connectivity index is 1.37. The van der Waals surface area contributed by atoms with Crippen molar-refractivity contribution in [1.82, 2.24) is 15.3 Å². The fraction of sp³-hybridized carbons (Fsp3) is 0.400. The van der Waals surface area contributed by atoms with E-state index < -0.39 is 5.25 Å². The molecular weight excluding hydrogens is 530 g/mol. The third kappa shape index (κ3) is 8.44. The summed E-state index contributed by atoms with van der Waals surface area (Å²) in [5.41, 5.74) is 1.72. The molecule has 9 heteroatoms. The molecule has 1 aliphatic carbocycles. The molecule has 0 bridgehead atoms. The summed E-state index contributed by atoms with van der Waals surface area (Å²) in [7, 11) is 3.93. The first kappa shape index (κ1) is 28.9. The van der Waals surface area contributed by atoms with E-state index in [1.165, 1.54) is 11.8 Å². The Morgan fingerprint density at radius 1 is 0.974 bits per heavy atom. The van der Waals surface area contributed by atoms with Gasteiger partial charge in [-0.25, -0.2) is 9.97 Å². The van der Waals surface area contributed by atoms with Gasteiger partial charge in [0, 0.05) is 54.1 Å². The molecule has 1 aliphatic rings. The van der Waals surface area contributed by atoms with E-state index in [-0.39, 0.29) is 30.2 Å². The van der Waals surface area contributed by atoms with Crippen LogP contribution in [-0.4, -0.2) is 53.1 Å². The molecule has 1 amide bonds. The van der Waals surface area contributed by atoms with Crippen LogP contribution in [-0.2, 0) is 4.79 Å². The van der Waals surface area contributed by atoms with Crippen molar-refractivity contribution in [2.75, 3.05) is 24.3 Å². The van der Waals surface area contributed by atoms with Crippen LogP contribution >= 0.6 is 23.4 Å². The Morgan fingerprint density at radius 3 is 2.26 bits per heavy atom. The molecule has 1 saturated carbocycles. The molecule has 1 heterocycles. The molecule has 0 aliphatic heterocycles. The van der Waals surface area contributed by atoms with Crippen molar-refractivity contribution in [2.24, 2.45) is 0 Å². The van der Waals surface area contributed by atoms with Crippen molar-refractivity contribution in [3.63, 3.8) is 0 Å².